The maximum atomic E-state index is 13.7. The molecule has 0 saturated carbocycles. The Bertz CT molecular complexity index is 1270. The number of hydrogen-bond donors (Lipinski definition) is 2. The molecule has 3 heterocycles. The number of rotatable bonds is 6. The number of carbonyl (C=O) groups is 2. The van der Waals surface area contributed by atoms with Gasteiger partial charge in [0.25, 0.3) is 5.91 Å². The first kappa shape index (κ1) is 24.9. The summed E-state index contributed by atoms with van der Waals surface area (Å²) < 4.78 is 25.8. The van der Waals surface area contributed by atoms with Crippen molar-refractivity contribution in [1.29, 1.82) is 0 Å². The molecule has 34 heavy (non-hydrogen) atoms. The van der Waals surface area contributed by atoms with E-state index in [0.29, 0.717) is 10.4 Å². The molecule has 11 heteroatoms. The zero-order chi connectivity index (χ0) is 24.3. The summed E-state index contributed by atoms with van der Waals surface area (Å²) in [5.41, 5.74) is 3.07. The first-order valence-electron chi connectivity index (χ1n) is 10.5. The van der Waals surface area contributed by atoms with Gasteiger partial charge in [-0.05, 0) is 54.0 Å². The Hall–Kier alpha value is -2.18. The van der Waals surface area contributed by atoms with Gasteiger partial charge in [0.15, 0.2) is 9.84 Å². The summed E-state index contributed by atoms with van der Waals surface area (Å²) in [7, 11) is -3.85. The highest BCUT2D eigenvalue weighted by atomic mass is 32.2. The summed E-state index contributed by atoms with van der Waals surface area (Å²) in [6.07, 6.45) is 1.64. The van der Waals surface area contributed by atoms with Gasteiger partial charge in [-0.3, -0.25) is 14.8 Å². The minimum absolute atomic E-state index is 0.0495. The molecule has 7 nitrogen and oxygen atoms in total. The van der Waals surface area contributed by atoms with Crippen LogP contribution in [-0.4, -0.2) is 55.4 Å². The molecular weight excluding hydrogens is 513 g/mol. The van der Waals surface area contributed by atoms with Crippen molar-refractivity contribution in [3.8, 4) is 10.4 Å². The van der Waals surface area contributed by atoms with E-state index in [1.54, 1.807) is 40.1 Å². The molecule has 0 bridgehead atoms. The molecule has 0 radical (unpaired) electrons. The number of thiophene rings is 2. The second-order valence-electron chi connectivity index (χ2n) is 7.97. The molecule has 0 unspecified atom stereocenters. The van der Waals surface area contributed by atoms with Gasteiger partial charge < -0.3 is 4.90 Å². The van der Waals surface area contributed by atoms with Crippen molar-refractivity contribution < 1.29 is 23.2 Å². The summed E-state index contributed by atoms with van der Waals surface area (Å²) in [6, 6.07) is 13.3. The molecule has 1 aliphatic heterocycles. The number of carbonyl (C=O) groups excluding carboxylic acids is 2. The summed E-state index contributed by atoms with van der Waals surface area (Å²) in [5, 5.41) is 12.7. The molecule has 3 aromatic rings. The number of thioether (sulfide) groups is 1. The molecule has 180 valence electrons. The molecule has 2 N–H and O–H groups in total. The van der Waals surface area contributed by atoms with Crippen LogP contribution in [0.15, 0.2) is 58.1 Å². The number of hydroxylamine groups is 1. The molecule has 2 aromatic heterocycles. The second-order valence-corrected chi connectivity index (χ2v) is 13.1. The predicted molar refractivity (Wildman–Crippen MR) is 136 cm³/mol. The lowest BCUT2D eigenvalue weighted by Gasteiger charge is -2.30. The van der Waals surface area contributed by atoms with Gasteiger partial charge in [0.2, 0.25) is 5.91 Å². The van der Waals surface area contributed by atoms with Crippen molar-refractivity contribution in [2.75, 3.05) is 25.1 Å². The van der Waals surface area contributed by atoms with Crippen LogP contribution in [0.1, 0.15) is 28.1 Å². The van der Waals surface area contributed by atoms with Crippen LogP contribution in [0.5, 0.6) is 0 Å². The van der Waals surface area contributed by atoms with Gasteiger partial charge in [0.05, 0.1) is 17.7 Å². The van der Waals surface area contributed by atoms with Crippen molar-refractivity contribution in [2.45, 2.75) is 22.5 Å². The first-order valence-corrected chi connectivity index (χ1v) is 15.1. The monoisotopic (exact) mass is 536 g/mol. The topological polar surface area (TPSA) is 104 Å². The van der Waals surface area contributed by atoms with E-state index in [1.807, 2.05) is 36.6 Å². The van der Waals surface area contributed by atoms with Crippen LogP contribution < -0.4 is 5.48 Å². The fourth-order valence-electron chi connectivity index (χ4n) is 4.13. The first-order chi connectivity index (χ1) is 16.3. The quantitative estimate of drug-likeness (QED) is 0.277. The Kier molecular flexibility index (Phi) is 7.48. The van der Waals surface area contributed by atoms with Gasteiger partial charge in [-0.1, -0.05) is 12.1 Å². The zero-order valence-electron chi connectivity index (χ0n) is 18.4. The van der Waals surface area contributed by atoms with E-state index in [1.165, 1.54) is 27.6 Å². The van der Waals surface area contributed by atoms with E-state index in [0.717, 1.165) is 15.3 Å². The van der Waals surface area contributed by atoms with Crippen molar-refractivity contribution >= 4 is 56.1 Å². The van der Waals surface area contributed by atoms with E-state index >= 15 is 0 Å². The van der Waals surface area contributed by atoms with E-state index in [2.05, 4.69) is 0 Å². The molecule has 4 rings (SSSR count). The fourth-order valence-corrected chi connectivity index (χ4v) is 8.78. The summed E-state index contributed by atoms with van der Waals surface area (Å²) in [5.74, 6) is -1.27. The van der Waals surface area contributed by atoms with E-state index in [-0.39, 0.29) is 31.2 Å². The molecule has 1 fully saturated rings. The van der Waals surface area contributed by atoms with E-state index < -0.39 is 26.9 Å². The predicted octanol–water partition coefficient (Wildman–Crippen LogP) is 4.25. The molecule has 0 aliphatic carbocycles. The van der Waals surface area contributed by atoms with E-state index in [4.69, 9.17) is 0 Å². The van der Waals surface area contributed by atoms with Crippen molar-refractivity contribution in [2.24, 2.45) is 0 Å². The van der Waals surface area contributed by atoms with Gasteiger partial charge >= 0.3 is 0 Å². The number of amides is 2. The van der Waals surface area contributed by atoms with Crippen molar-refractivity contribution in [3.05, 3.63) is 63.7 Å². The second kappa shape index (κ2) is 10.2. The summed E-state index contributed by atoms with van der Waals surface area (Å²) in [4.78, 5) is 29.3. The summed E-state index contributed by atoms with van der Waals surface area (Å²) >= 11 is 4.37. The normalized spacial score (nSPS) is 20.0. The Morgan fingerprint density at radius 1 is 1.15 bits per heavy atom. The summed E-state index contributed by atoms with van der Waals surface area (Å²) in [6.45, 7) is 0.232. The number of hydrogen-bond acceptors (Lipinski definition) is 8. The van der Waals surface area contributed by atoms with Gasteiger partial charge in [-0.2, -0.15) is 11.3 Å². The molecule has 1 atom stereocenters. The maximum absolute atomic E-state index is 13.7. The van der Waals surface area contributed by atoms with Crippen LogP contribution in [0.25, 0.3) is 10.4 Å². The average molecular weight is 537 g/mol. The van der Waals surface area contributed by atoms with Crippen LogP contribution in [0.4, 0.5) is 0 Å². The number of nitrogens with one attached hydrogen (secondary N) is 1. The Labute approximate surface area is 210 Å². The molecule has 1 saturated heterocycles. The van der Waals surface area contributed by atoms with Gasteiger partial charge in [0.1, 0.15) is 4.75 Å². The largest absolute Gasteiger partial charge is 0.338 e. The lowest BCUT2D eigenvalue weighted by atomic mass is 9.97. The third-order valence-electron chi connectivity index (χ3n) is 6.07. The van der Waals surface area contributed by atoms with Crippen LogP contribution in [0.3, 0.4) is 0 Å². The van der Waals surface area contributed by atoms with Gasteiger partial charge in [-0.15, -0.1) is 23.1 Å². The van der Waals surface area contributed by atoms with Gasteiger partial charge in [0, 0.05) is 33.1 Å². The lowest BCUT2D eigenvalue weighted by molar-refractivity contribution is -0.129. The van der Waals surface area contributed by atoms with E-state index in [9.17, 15) is 23.2 Å². The molecule has 1 aromatic carbocycles. The molecular formula is C23H24N2O5S4. The molecule has 2 amide bonds. The molecule has 0 spiro atoms. The van der Waals surface area contributed by atoms with Crippen LogP contribution in [0.2, 0.25) is 0 Å². The Morgan fingerprint density at radius 2 is 1.91 bits per heavy atom. The van der Waals surface area contributed by atoms with Crippen LogP contribution in [-0.2, 0) is 19.4 Å². The number of benzene rings is 1. The third-order valence-corrected chi connectivity index (χ3v) is 11.4. The lowest BCUT2D eigenvalue weighted by Crippen LogP contribution is -2.41. The highest BCUT2D eigenvalue weighted by Crippen LogP contribution is 2.45. The number of sulfone groups is 1. The fraction of sp³-hybridized carbons (Fsp3) is 0.304. The third kappa shape index (κ3) is 4.80. The SMILES string of the molecule is CSc1ccc(-c2ccc([C@@]3(CC(=O)NO)CCN(C(=O)c4ccsc4)CCS3(=O)=O)s2)cc1. The highest BCUT2D eigenvalue weighted by Gasteiger charge is 2.49. The van der Waals surface area contributed by atoms with Crippen LogP contribution >= 0.6 is 34.4 Å². The maximum Gasteiger partial charge on any atom is 0.254 e. The van der Waals surface area contributed by atoms with Crippen molar-refractivity contribution in [3.63, 3.8) is 0 Å². The zero-order valence-corrected chi connectivity index (χ0v) is 21.7. The number of nitrogens with zero attached hydrogens (tertiary/aromatic N) is 1. The minimum atomic E-state index is -3.85. The highest BCUT2D eigenvalue weighted by molar-refractivity contribution is 7.98. The standard InChI is InChI=1S/C23H24N2O5S4/c1-31-18-4-2-16(3-5-18)19-6-7-20(33-19)23(14-21(26)24-28)9-10-25(11-13-34(23,29)30)22(27)17-8-12-32-15-17/h2-8,12,15,28H,9-11,13-14H2,1H3,(H,24,26)/t23-/m0/s1. The Morgan fingerprint density at radius 3 is 2.56 bits per heavy atom. The minimum Gasteiger partial charge on any atom is -0.338 e. The average Bonchev–Trinajstić information content (AvgIpc) is 3.53. The molecule has 1 aliphatic rings. The van der Waals surface area contributed by atoms with Crippen LogP contribution in [0, 0.1) is 0 Å². The van der Waals surface area contributed by atoms with Crippen molar-refractivity contribution in [1.82, 2.24) is 10.4 Å². The smallest absolute Gasteiger partial charge is 0.254 e. The Balaban J connectivity index is 1.72. The van der Waals surface area contributed by atoms with Gasteiger partial charge in [-0.25, -0.2) is 13.9 Å².